The number of hydrogen-bond donors (Lipinski definition) is 0. The Morgan fingerprint density at radius 2 is 1.79 bits per heavy atom. The van der Waals surface area contributed by atoms with Crippen molar-refractivity contribution in [2.45, 2.75) is 20.3 Å². The topological polar surface area (TPSA) is 60.4 Å². The van der Waals surface area contributed by atoms with E-state index in [-0.39, 0.29) is 30.2 Å². The van der Waals surface area contributed by atoms with Crippen molar-refractivity contribution >= 4 is 15.8 Å². The Morgan fingerprint density at radius 3 is 2.26 bits per heavy atom. The van der Waals surface area contributed by atoms with Crippen LogP contribution in [0.15, 0.2) is 12.1 Å². The van der Waals surface area contributed by atoms with Gasteiger partial charge in [0.05, 0.1) is 17.9 Å². The molecule has 19 heavy (non-hydrogen) atoms. The van der Waals surface area contributed by atoms with E-state index in [1.807, 2.05) is 0 Å². The molecule has 0 unspecified atom stereocenters. The molecule has 0 fully saturated rings. The van der Waals surface area contributed by atoms with Crippen LogP contribution < -0.4 is 0 Å². The maximum absolute atomic E-state index is 13.4. The quantitative estimate of drug-likeness (QED) is 0.614. The third kappa shape index (κ3) is 4.98. The molecule has 0 saturated heterocycles. The summed E-state index contributed by atoms with van der Waals surface area (Å²) >= 11 is 0. The van der Waals surface area contributed by atoms with Crippen LogP contribution in [0.1, 0.15) is 27.9 Å². The summed E-state index contributed by atoms with van der Waals surface area (Å²) in [6.45, 7) is 3.17. The number of halogens is 1. The van der Waals surface area contributed by atoms with E-state index in [9.17, 15) is 17.6 Å². The molecule has 1 aromatic rings. The fourth-order valence-electron chi connectivity index (χ4n) is 1.63. The summed E-state index contributed by atoms with van der Waals surface area (Å²) < 4.78 is 40.1. The Kier molecular flexibility index (Phi) is 5.05. The molecule has 0 heterocycles. The first-order valence-electron chi connectivity index (χ1n) is 5.82. The molecule has 106 valence electrons. The number of esters is 1. The van der Waals surface area contributed by atoms with Gasteiger partial charge < -0.3 is 4.74 Å². The molecule has 0 aromatic heterocycles. The molecule has 0 N–H and O–H groups in total. The van der Waals surface area contributed by atoms with Crippen molar-refractivity contribution in [2.24, 2.45) is 0 Å². The van der Waals surface area contributed by atoms with Gasteiger partial charge in [-0.2, -0.15) is 0 Å². The molecule has 0 radical (unpaired) electrons. The van der Waals surface area contributed by atoms with Gasteiger partial charge in [-0.25, -0.2) is 17.6 Å². The molecule has 0 spiro atoms. The Labute approximate surface area is 112 Å². The lowest BCUT2D eigenvalue weighted by molar-refractivity contribution is 0.0505. The number of carbonyl (C=O) groups excluding carboxylic acids is 1. The van der Waals surface area contributed by atoms with E-state index in [1.54, 1.807) is 13.8 Å². The maximum atomic E-state index is 13.4. The highest BCUT2D eigenvalue weighted by molar-refractivity contribution is 7.90. The Morgan fingerprint density at radius 1 is 1.26 bits per heavy atom. The predicted octanol–water partition coefficient (Wildman–Crippen LogP) is 2.03. The zero-order valence-corrected chi connectivity index (χ0v) is 12.0. The summed E-state index contributed by atoms with van der Waals surface area (Å²) in [6, 6.07) is 2.84. The second kappa shape index (κ2) is 6.14. The summed E-state index contributed by atoms with van der Waals surface area (Å²) in [5.74, 6) is -0.935. The third-order valence-corrected chi connectivity index (χ3v) is 3.60. The minimum atomic E-state index is -3.05. The fraction of sp³-hybridized carbons (Fsp3) is 0.462. The van der Waals surface area contributed by atoms with Crippen LogP contribution >= 0.6 is 0 Å². The van der Waals surface area contributed by atoms with Gasteiger partial charge in [-0.05, 0) is 43.5 Å². The average Bonchev–Trinajstić information content (AvgIpc) is 2.29. The highest BCUT2D eigenvalue weighted by atomic mass is 32.2. The van der Waals surface area contributed by atoms with Gasteiger partial charge in [-0.1, -0.05) is 0 Å². The van der Waals surface area contributed by atoms with Crippen LogP contribution in [0.3, 0.4) is 0 Å². The minimum Gasteiger partial charge on any atom is -0.462 e. The summed E-state index contributed by atoms with van der Waals surface area (Å²) in [5, 5.41) is 0. The van der Waals surface area contributed by atoms with E-state index in [1.165, 1.54) is 12.1 Å². The van der Waals surface area contributed by atoms with Crippen LogP contribution in [0, 0.1) is 19.7 Å². The van der Waals surface area contributed by atoms with Gasteiger partial charge >= 0.3 is 5.97 Å². The highest BCUT2D eigenvalue weighted by Crippen LogP contribution is 2.15. The number of ether oxygens (including phenoxy) is 1. The van der Waals surface area contributed by atoms with E-state index in [2.05, 4.69) is 0 Å². The zero-order chi connectivity index (χ0) is 14.6. The smallest absolute Gasteiger partial charge is 0.338 e. The van der Waals surface area contributed by atoms with Crippen molar-refractivity contribution in [3.63, 3.8) is 0 Å². The van der Waals surface area contributed by atoms with Crippen molar-refractivity contribution in [3.8, 4) is 0 Å². The SMILES string of the molecule is Cc1cc(C(=O)OCCCS(C)(=O)=O)cc(C)c1F. The van der Waals surface area contributed by atoms with Gasteiger partial charge in [-0.3, -0.25) is 0 Å². The van der Waals surface area contributed by atoms with E-state index in [4.69, 9.17) is 4.74 Å². The first kappa shape index (κ1) is 15.6. The monoisotopic (exact) mass is 288 g/mol. The van der Waals surface area contributed by atoms with Crippen LogP contribution in [-0.2, 0) is 14.6 Å². The molecular weight excluding hydrogens is 271 g/mol. The molecule has 1 aromatic carbocycles. The van der Waals surface area contributed by atoms with Gasteiger partial charge in [0.25, 0.3) is 0 Å². The lowest BCUT2D eigenvalue weighted by atomic mass is 10.1. The minimum absolute atomic E-state index is 0.0260. The third-order valence-electron chi connectivity index (χ3n) is 2.56. The van der Waals surface area contributed by atoms with Crippen molar-refractivity contribution in [2.75, 3.05) is 18.6 Å². The van der Waals surface area contributed by atoms with Crippen molar-refractivity contribution in [3.05, 3.63) is 34.6 Å². The lowest BCUT2D eigenvalue weighted by Crippen LogP contribution is -2.11. The number of aryl methyl sites for hydroxylation is 2. The maximum Gasteiger partial charge on any atom is 0.338 e. The molecule has 0 amide bonds. The Bertz CT molecular complexity index is 555. The summed E-state index contributed by atoms with van der Waals surface area (Å²) in [4.78, 5) is 11.7. The number of hydrogen-bond acceptors (Lipinski definition) is 4. The number of rotatable bonds is 5. The molecule has 1 rings (SSSR count). The first-order valence-corrected chi connectivity index (χ1v) is 7.88. The molecule has 0 aliphatic heterocycles. The van der Waals surface area contributed by atoms with Crippen LogP contribution in [0.4, 0.5) is 4.39 Å². The molecule has 4 nitrogen and oxygen atoms in total. The van der Waals surface area contributed by atoms with Gasteiger partial charge in [0.15, 0.2) is 0 Å². The van der Waals surface area contributed by atoms with Gasteiger partial charge in [0.2, 0.25) is 0 Å². The summed E-state index contributed by atoms with van der Waals surface area (Å²) in [5.41, 5.74) is 1.03. The van der Waals surface area contributed by atoms with Crippen molar-refractivity contribution in [1.29, 1.82) is 0 Å². The van der Waals surface area contributed by atoms with E-state index in [0.717, 1.165) is 6.26 Å². The summed E-state index contributed by atoms with van der Waals surface area (Å²) in [7, 11) is -3.05. The normalized spacial score (nSPS) is 11.4. The van der Waals surface area contributed by atoms with Gasteiger partial charge in [0, 0.05) is 6.26 Å². The fourth-order valence-corrected chi connectivity index (χ4v) is 2.28. The second-order valence-electron chi connectivity index (χ2n) is 4.54. The highest BCUT2D eigenvalue weighted by Gasteiger charge is 2.12. The number of sulfone groups is 1. The molecule has 0 aliphatic carbocycles. The lowest BCUT2D eigenvalue weighted by Gasteiger charge is -2.07. The number of benzene rings is 1. The van der Waals surface area contributed by atoms with E-state index in [0.29, 0.717) is 11.1 Å². The van der Waals surface area contributed by atoms with E-state index >= 15 is 0 Å². The standard InChI is InChI=1S/C13H17FO4S/c1-9-7-11(8-10(2)12(9)14)13(15)18-5-4-6-19(3,16)17/h7-8H,4-6H2,1-3H3. The van der Waals surface area contributed by atoms with E-state index < -0.39 is 15.8 Å². The zero-order valence-electron chi connectivity index (χ0n) is 11.2. The Hall–Kier alpha value is -1.43. The van der Waals surface area contributed by atoms with Crippen molar-refractivity contribution in [1.82, 2.24) is 0 Å². The average molecular weight is 288 g/mol. The molecule has 0 bridgehead atoms. The molecule has 0 atom stereocenters. The molecule has 0 aliphatic rings. The first-order chi connectivity index (χ1) is 8.70. The van der Waals surface area contributed by atoms with Crippen LogP contribution in [0.25, 0.3) is 0 Å². The summed E-state index contributed by atoms with van der Waals surface area (Å²) in [6.07, 6.45) is 1.38. The largest absolute Gasteiger partial charge is 0.462 e. The Balaban J connectivity index is 2.60. The van der Waals surface area contributed by atoms with Gasteiger partial charge in [0.1, 0.15) is 15.7 Å². The predicted molar refractivity (Wildman–Crippen MR) is 70.5 cm³/mol. The van der Waals surface area contributed by atoms with Crippen LogP contribution in [-0.4, -0.2) is 33.0 Å². The van der Waals surface area contributed by atoms with Crippen molar-refractivity contribution < 1.29 is 22.3 Å². The second-order valence-corrected chi connectivity index (χ2v) is 6.80. The number of carbonyl (C=O) groups is 1. The molecule has 6 heteroatoms. The molecular formula is C13H17FO4S. The van der Waals surface area contributed by atoms with Crippen LogP contribution in [0.5, 0.6) is 0 Å². The van der Waals surface area contributed by atoms with Gasteiger partial charge in [-0.15, -0.1) is 0 Å². The molecule has 0 saturated carbocycles. The van der Waals surface area contributed by atoms with Crippen LogP contribution in [0.2, 0.25) is 0 Å².